The van der Waals surface area contributed by atoms with E-state index in [1.54, 1.807) is 68.4 Å². The van der Waals surface area contributed by atoms with Crippen LogP contribution in [0.25, 0.3) is 6.08 Å². The Morgan fingerprint density at radius 3 is 2.02 bits per heavy atom. The second kappa shape index (κ2) is 13.4. The number of ether oxygens (including phenoxy) is 6. The van der Waals surface area contributed by atoms with Gasteiger partial charge in [0, 0.05) is 39.2 Å². The molecule has 0 unspecified atom stereocenters. The van der Waals surface area contributed by atoms with E-state index in [1.165, 1.54) is 26.0 Å². The number of carbonyl (C=O) groups excluding carboxylic acids is 5. The summed E-state index contributed by atoms with van der Waals surface area (Å²) < 4.78 is 36.8. The van der Waals surface area contributed by atoms with Crippen LogP contribution in [0.2, 0.25) is 0 Å². The highest BCUT2D eigenvalue weighted by molar-refractivity contribution is 5.89. The summed E-state index contributed by atoms with van der Waals surface area (Å²) in [5, 5.41) is 12.6. The van der Waals surface area contributed by atoms with Gasteiger partial charge in [0.1, 0.15) is 30.3 Å². The summed E-state index contributed by atoms with van der Waals surface area (Å²) in [6.45, 7) is 7.81. The van der Waals surface area contributed by atoms with Gasteiger partial charge in [0.15, 0.2) is 11.7 Å². The molecule has 1 heterocycles. The van der Waals surface area contributed by atoms with Crippen LogP contribution in [0.4, 0.5) is 0 Å². The first-order valence-electron chi connectivity index (χ1n) is 16.1. The van der Waals surface area contributed by atoms with Crippen LogP contribution in [0.3, 0.4) is 0 Å². The zero-order valence-corrected chi connectivity index (χ0v) is 28.4. The summed E-state index contributed by atoms with van der Waals surface area (Å²) in [6, 6.07) is 17.1. The molecule has 3 aliphatic rings. The van der Waals surface area contributed by atoms with E-state index < -0.39 is 89.0 Å². The Balaban J connectivity index is 1.77. The molecular weight excluding hydrogens is 636 g/mol. The third-order valence-corrected chi connectivity index (χ3v) is 9.90. The van der Waals surface area contributed by atoms with E-state index in [0.29, 0.717) is 5.56 Å². The molecule has 0 aromatic heterocycles. The van der Waals surface area contributed by atoms with Crippen LogP contribution in [0.5, 0.6) is 0 Å². The highest BCUT2D eigenvalue weighted by Gasteiger charge is 2.86. The summed E-state index contributed by atoms with van der Waals surface area (Å²) in [5.41, 5.74) is -6.31. The Labute approximate surface area is 284 Å². The highest BCUT2D eigenvalue weighted by atomic mass is 16.6. The van der Waals surface area contributed by atoms with E-state index in [0.717, 1.165) is 13.8 Å². The van der Waals surface area contributed by atoms with Crippen LogP contribution in [-0.4, -0.2) is 82.8 Å². The normalized spacial score (nSPS) is 32.8. The second-order valence-electron chi connectivity index (χ2n) is 13.6. The SMILES string of the molecule is CC(=O)OC[C@]12[C@@H](OC(=O)c3ccccc3)C[C@@H]3[C@@H](OC(C)=O)[C@]1(OC3(C)C)[C@@](C)(O)C[C@H](OC(C)=O)[C@@H]2OC(=O)/C=C/c1ccccc1. The van der Waals surface area contributed by atoms with Crippen molar-refractivity contribution in [2.24, 2.45) is 11.3 Å². The van der Waals surface area contributed by atoms with Gasteiger partial charge in [-0.1, -0.05) is 48.5 Å². The number of hydrogen-bond donors (Lipinski definition) is 1. The molecule has 12 nitrogen and oxygen atoms in total. The minimum absolute atomic E-state index is 0.0384. The van der Waals surface area contributed by atoms with Crippen LogP contribution in [-0.2, 0) is 47.6 Å². The van der Waals surface area contributed by atoms with E-state index in [9.17, 15) is 29.1 Å². The van der Waals surface area contributed by atoms with Crippen molar-refractivity contribution in [3.8, 4) is 0 Å². The largest absolute Gasteiger partial charge is 0.465 e. The maximum absolute atomic E-state index is 13.8. The quantitative estimate of drug-likeness (QED) is 0.231. The molecule has 0 radical (unpaired) electrons. The van der Waals surface area contributed by atoms with Crippen LogP contribution in [0.1, 0.15) is 70.3 Å². The molecule has 2 aliphatic carbocycles. The summed E-state index contributed by atoms with van der Waals surface area (Å²) in [7, 11) is 0. The fraction of sp³-hybridized carbons (Fsp3) is 0.486. The lowest BCUT2D eigenvalue weighted by Crippen LogP contribution is -2.83. The van der Waals surface area contributed by atoms with Gasteiger partial charge in [-0.25, -0.2) is 9.59 Å². The summed E-state index contributed by atoms with van der Waals surface area (Å²) in [4.78, 5) is 65.4. The first-order chi connectivity index (χ1) is 23.0. The summed E-state index contributed by atoms with van der Waals surface area (Å²) >= 11 is 0. The van der Waals surface area contributed by atoms with Crippen molar-refractivity contribution in [2.45, 2.75) is 95.6 Å². The average Bonchev–Trinajstić information content (AvgIpc) is 3.19. The number of hydrogen-bond acceptors (Lipinski definition) is 12. The van der Waals surface area contributed by atoms with E-state index in [4.69, 9.17) is 28.4 Å². The molecule has 5 rings (SSSR count). The fourth-order valence-electron chi connectivity index (χ4n) is 8.10. The molecular formula is C37H42O12. The zero-order chi connectivity index (χ0) is 35.8. The number of fused-ring (bicyclic) bond motifs is 1. The van der Waals surface area contributed by atoms with Gasteiger partial charge in [0.05, 0.1) is 16.8 Å². The molecule has 1 aliphatic heterocycles. The van der Waals surface area contributed by atoms with Gasteiger partial charge >= 0.3 is 29.8 Å². The van der Waals surface area contributed by atoms with E-state index >= 15 is 0 Å². The van der Waals surface area contributed by atoms with Crippen molar-refractivity contribution in [1.82, 2.24) is 0 Å². The topological polar surface area (TPSA) is 161 Å². The molecule has 2 aromatic carbocycles. The molecule has 2 saturated carbocycles. The maximum Gasteiger partial charge on any atom is 0.338 e. The lowest BCUT2D eigenvalue weighted by molar-refractivity contribution is -0.355. The Bertz CT molecular complexity index is 1620. The molecule has 8 atom stereocenters. The highest BCUT2D eigenvalue weighted by Crippen LogP contribution is 2.69. The molecule has 2 bridgehead atoms. The first-order valence-corrected chi connectivity index (χ1v) is 16.1. The van der Waals surface area contributed by atoms with Gasteiger partial charge in [-0.3, -0.25) is 14.4 Å². The van der Waals surface area contributed by atoms with Gasteiger partial charge in [-0.15, -0.1) is 0 Å². The molecule has 262 valence electrons. The lowest BCUT2D eigenvalue weighted by atomic mass is 9.46. The molecule has 3 fully saturated rings. The van der Waals surface area contributed by atoms with Gasteiger partial charge in [-0.2, -0.15) is 0 Å². The molecule has 1 spiro atoms. The number of aliphatic hydroxyl groups is 1. The Morgan fingerprint density at radius 1 is 0.816 bits per heavy atom. The van der Waals surface area contributed by atoms with Crippen LogP contribution >= 0.6 is 0 Å². The fourth-order valence-corrected chi connectivity index (χ4v) is 8.10. The number of benzene rings is 2. The van der Waals surface area contributed by atoms with Crippen molar-refractivity contribution < 1.29 is 57.5 Å². The number of rotatable bonds is 9. The van der Waals surface area contributed by atoms with Crippen molar-refractivity contribution in [1.29, 1.82) is 0 Å². The van der Waals surface area contributed by atoms with Crippen molar-refractivity contribution in [3.63, 3.8) is 0 Å². The maximum atomic E-state index is 13.8. The Hall–Kier alpha value is -4.55. The van der Waals surface area contributed by atoms with Gasteiger partial charge in [-0.05, 0) is 51.0 Å². The molecule has 0 amide bonds. The molecule has 2 aromatic rings. The summed E-state index contributed by atoms with van der Waals surface area (Å²) in [5.74, 6) is -4.48. The van der Waals surface area contributed by atoms with Crippen molar-refractivity contribution >= 4 is 35.9 Å². The third kappa shape index (κ3) is 6.47. The van der Waals surface area contributed by atoms with Crippen LogP contribution in [0, 0.1) is 11.3 Å². The zero-order valence-electron chi connectivity index (χ0n) is 28.4. The van der Waals surface area contributed by atoms with E-state index in [-0.39, 0.29) is 18.4 Å². The standard InChI is InChI=1S/C37H42O12/c1-22(38)44-21-36-29(47-33(42)26-15-11-8-12-16-26)19-27-31(46-24(3)40)37(36,49-34(27,4)5)35(6,43)20-28(45-23(2)39)32(36)48-30(41)18-17-25-13-9-7-10-14-25/h7-18,27-29,31-32,43H,19-21H2,1-6H3/b18-17+/t27-,28+,29+,31-,32+,35+,36-,37+/m1/s1. The second-order valence-corrected chi connectivity index (χ2v) is 13.6. The Kier molecular flexibility index (Phi) is 9.77. The first kappa shape index (κ1) is 35.7. The van der Waals surface area contributed by atoms with Gasteiger partial charge in [0.25, 0.3) is 0 Å². The molecule has 49 heavy (non-hydrogen) atoms. The smallest absolute Gasteiger partial charge is 0.338 e. The third-order valence-electron chi connectivity index (χ3n) is 9.90. The van der Waals surface area contributed by atoms with E-state index in [2.05, 4.69) is 0 Å². The predicted octanol–water partition coefficient (Wildman–Crippen LogP) is 3.97. The predicted molar refractivity (Wildman–Crippen MR) is 172 cm³/mol. The van der Waals surface area contributed by atoms with Gasteiger partial charge in [0.2, 0.25) is 0 Å². The summed E-state index contributed by atoms with van der Waals surface area (Å²) in [6.07, 6.45) is -3.13. The monoisotopic (exact) mass is 678 g/mol. The molecule has 1 saturated heterocycles. The number of carbonyl (C=O) groups is 5. The Morgan fingerprint density at radius 2 is 1.43 bits per heavy atom. The average molecular weight is 679 g/mol. The van der Waals surface area contributed by atoms with Crippen LogP contribution < -0.4 is 0 Å². The molecule has 1 N–H and O–H groups in total. The van der Waals surface area contributed by atoms with Crippen molar-refractivity contribution in [3.05, 3.63) is 77.9 Å². The lowest BCUT2D eigenvalue weighted by Gasteiger charge is -2.65. The van der Waals surface area contributed by atoms with Gasteiger partial charge < -0.3 is 33.5 Å². The number of esters is 5. The minimum atomic E-state index is -2.04. The molecule has 12 heteroatoms. The van der Waals surface area contributed by atoms with Crippen molar-refractivity contribution in [2.75, 3.05) is 6.61 Å². The van der Waals surface area contributed by atoms with Crippen LogP contribution in [0.15, 0.2) is 66.7 Å². The minimum Gasteiger partial charge on any atom is -0.465 e. The van der Waals surface area contributed by atoms with E-state index in [1.807, 2.05) is 6.07 Å².